The Morgan fingerprint density at radius 2 is 2.21 bits per heavy atom. The van der Waals surface area contributed by atoms with Gasteiger partial charge in [-0.15, -0.1) is 0 Å². The molecule has 3 rings (SSSR count). The number of nitrogens with one attached hydrogen (secondary N) is 3. The Hall–Kier alpha value is -2.41. The van der Waals surface area contributed by atoms with Gasteiger partial charge in [0.05, 0.1) is 12.1 Å². The van der Waals surface area contributed by atoms with Gasteiger partial charge in [-0.1, -0.05) is 31.9 Å². The number of rotatable bonds is 4. The number of amides is 2. The number of anilines is 1. The Morgan fingerprint density at radius 1 is 1.38 bits per heavy atom. The van der Waals surface area contributed by atoms with Crippen molar-refractivity contribution < 1.29 is 9.90 Å². The van der Waals surface area contributed by atoms with Crippen LogP contribution in [0, 0.1) is 0 Å². The van der Waals surface area contributed by atoms with Crippen molar-refractivity contribution in [3.63, 3.8) is 0 Å². The zero-order chi connectivity index (χ0) is 16.9. The monoisotopic (exact) mass is 329 g/mol. The second kappa shape index (κ2) is 7.44. The molecule has 0 spiro atoms. The first-order chi connectivity index (χ1) is 11.7. The van der Waals surface area contributed by atoms with Crippen molar-refractivity contribution in [2.75, 3.05) is 5.32 Å². The lowest BCUT2D eigenvalue weighted by atomic mass is 9.93. The summed E-state index contributed by atoms with van der Waals surface area (Å²) in [5.74, 6) is 1.44. The summed E-state index contributed by atoms with van der Waals surface area (Å²) in [5, 5.41) is 22.7. The van der Waals surface area contributed by atoms with Crippen LogP contribution in [0.1, 0.15) is 38.4 Å². The van der Waals surface area contributed by atoms with E-state index in [-0.39, 0.29) is 12.1 Å². The van der Waals surface area contributed by atoms with Gasteiger partial charge in [-0.05, 0) is 25.0 Å². The lowest BCUT2D eigenvalue weighted by Gasteiger charge is -2.28. The van der Waals surface area contributed by atoms with Crippen molar-refractivity contribution in [2.24, 2.45) is 0 Å². The van der Waals surface area contributed by atoms with Crippen molar-refractivity contribution in [3.8, 4) is 11.4 Å². The fourth-order valence-electron chi connectivity index (χ4n) is 2.93. The maximum Gasteiger partial charge on any atom is 0.319 e. The summed E-state index contributed by atoms with van der Waals surface area (Å²) >= 11 is 0. The van der Waals surface area contributed by atoms with Crippen LogP contribution in [0.15, 0.2) is 24.3 Å². The summed E-state index contributed by atoms with van der Waals surface area (Å²) in [6, 6.07) is 6.91. The number of carbonyl (C=O) groups is 1. The number of aryl methyl sites for hydroxylation is 1. The molecule has 7 nitrogen and oxygen atoms in total. The average Bonchev–Trinajstić information content (AvgIpc) is 3.06. The first-order valence-electron chi connectivity index (χ1n) is 8.43. The molecule has 24 heavy (non-hydrogen) atoms. The van der Waals surface area contributed by atoms with Gasteiger partial charge >= 0.3 is 6.03 Å². The van der Waals surface area contributed by atoms with Gasteiger partial charge in [-0.25, -0.2) is 9.78 Å². The first-order valence-corrected chi connectivity index (χ1v) is 8.43. The highest BCUT2D eigenvalue weighted by Gasteiger charge is 2.24. The number of hydrogen-bond donors (Lipinski definition) is 4. The number of carbonyl (C=O) groups excluding carboxylic acids is 1. The number of H-pyrrole nitrogens is 1. The molecule has 2 atom stereocenters. The van der Waals surface area contributed by atoms with E-state index < -0.39 is 6.10 Å². The maximum atomic E-state index is 12.2. The van der Waals surface area contributed by atoms with Crippen LogP contribution in [-0.4, -0.2) is 38.5 Å². The molecule has 0 saturated heterocycles. The van der Waals surface area contributed by atoms with Gasteiger partial charge in [0, 0.05) is 17.7 Å². The number of aliphatic hydroxyl groups is 1. The highest BCUT2D eigenvalue weighted by atomic mass is 16.3. The Morgan fingerprint density at radius 3 is 2.96 bits per heavy atom. The molecule has 2 amide bonds. The van der Waals surface area contributed by atoms with Gasteiger partial charge < -0.3 is 15.7 Å². The first kappa shape index (κ1) is 16.4. The molecule has 1 heterocycles. The second-order valence-electron chi connectivity index (χ2n) is 6.10. The third kappa shape index (κ3) is 3.91. The van der Waals surface area contributed by atoms with Crippen LogP contribution in [0.3, 0.4) is 0 Å². The molecule has 7 heteroatoms. The topological polar surface area (TPSA) is 103 Å². The Kier molecular flexibility index (Phi) is 5.10. The number of urea groups is 1. The van der Waals surface area contributed by atoms with Gasteiger partial charge in [-0.3, -0.25) is 5.10 Å². The van der Waals surface area contributed by atoms with E-state index in [4.69, 9.17) is 0 Å². The van der Waals surface area contributed by atoms with Crippen molar-refractivity contribution in [2.45, 2.75) is 51.2 Å². The van der Waals surface area contributed by atoms with E-state index in [0.717, 1.165) is 43.5 Å². The molecule has 1 aliphatic rings. The molecule has 0 radical (unpaired) electrons. The summed E-state index contributed by atoms with van der Waals surface area (Å²) in [6.07, 6.45) is 3.92. The van der Waals surface area contributed by atoms with Gasteiger partial charge in [0.2, 0.25) is 0 Å². The van der Waals surface area contributed by atoms with Gasteiger partial charge in [0.25, 0.3) is 0 Å². The number of aromatic amines is 1. The minimum Gasteiger partial charge on any atom is -0.391 e. The summed E-state index contributed by atoms with van der Waals surface area (Å²) in [7, 11) is 0. The van der Waals surface area contributed by atoms with Crippen molar-refractivity contribution >= 4 is 11.7 Å². The molecule has 1 aromatic heterocycles. The third-order valence-corrected chi connectivity index (χ3v) is 4.29. The second-order valence-corrected chi connectivity index (χ2v) is 6.10. The molecule has 128 valence electrons. The van der Waals surface area contributed by atoms with E-state index in [9.17, 15) is 9.90 Å². The molecule has 0 bridgehead atoms. The Labute approximate surface area is 140 Å². The van der Waals surface area contributed by atoms with Crippen LogP contribution in [0.25, 0.3) is 11.4 Å². The fourth-order valence-corrected chi connectivity index (χ4v) is 2.93. The molecule has 4 N–H and O–H groups in total. The van der Waals surface area contributed by atoms with E-state index >= 15 is 0 Å². The van der Waals surface area contributed by atoms with Crippen molar-refractivity contribution in [3.05, 3.63) is 30.1 Å². The Balaban J connectivity index is 1.64. The molecule has 1 aromatic carbocycles. The predicted octanol–water partition coefficient (Wildman–Crippen LogP) is 2.46. The maximum absolute atomic E-state index is 12.2. The molecular formula is C17H23N5O2. The van der Waals surface area contributed by atoms with Crippen LogP contribution in [0.5, 0.6) is 0 Å². The average molecular weight is 329 g/mol. The van der Waals surface area contributed by atoms with Crippen LogP contribution in [-0.2, 0) is 6.42 Å². The molecule has 1 aliphatic carbocycles. The zero-order valence-corrected chi connectivity index (χ0v) is 13.7. The zero-order valence-electron chi connectivity index (χ0n) is 13.7. The van der Waals surface area contributed by atoms with E-state index in [0.29, 0.717) is 11.5 Å². The van der Waals surface area contributed by atoms with E-state index in [2.05, 4.69) is 25.8 Å². The SMILES string of the molecule is CCc1nc(-c2cccc(NC(=O)N[C@@H]3CCCC[C@H]3O)c2)n[nH]1. The standard InChI is InChI=1S/C17H23N5O2/c1-2-15-20-16(22-21-15)11-6-5-7-12(10-11)18-17(24)19-13-8-3-4-9-14(13)23/h5-7,10,13-14,23H,2-4,8-9H2,1H3,(H2,18,19,24)(H,20,21,22)/t13-,14-/m1/s1. The van der Waals surface area contributed by atoms with E-state index in [1.165, 1.54) is 0 Å². The number of hydrogen-bond acceptors (Lipinski definition) is 4. The normalized spacial score (nSPS) is 20.6. The highest BCUT2D eigenvalue weighted by molar-refractivity contribution is 5.90. The van der Waals surface area contributed by atoms with Gasteiger partial charge in [-0.2, -0.15) is 5.10 Å². The summed E-state index contributed by atoms with van der Waals surface area (Å²) < 4.78 is 0. The van der Waals surface area contributed by atoms with Crippen LogP contribution in [0.2, 0.25) is 0 Å². The van der Waals surface area contributed by atoms with Crippen molar-refractivity contribution in [1.82, 2.24) is 20.5 Å². The minimum atomic E-state index is -0.462. The van der Waals surface area contributed by atoms with Crippen LogP contribution in [0.4, 0.5) is 10.5 Å². The highest BCUT2D eigenvalue weighted by Crippen LogP contribution is 2.21. The van der Waals surface area contributed by atoms with Crippen LogP contribution < -0.4 is 10.6 Å². The van der Waals surface area contributed by atoms with Gasteiger partial charge in [0.15, 0.2) is 5.82 Å². The van der Waals surface area contributed by atoms with Crippen molar-refractivity contribution in [1.29, 1.82) is 0 Å². The van der Waals surface area contributed by atoms with E-state index in [1.807, 2.05) is 31.2 Å². The summed E-state index contributed by atoms with van der Waals surface area (Å²) in [4.78, 5) is 16.5. The number of aliphatic hydroxyl groups excluding tert-OH is 1. The summed E-state index contributed by atoms with van der Waals surface area (Å²) in [6.45, 7) is 2.01. The largest absolute Gasteiger partial charge is 0.391 e. The fraction of sp³-hybridized carbons (Fsp3) is 0.471. The predicted molar refractivity (Wildman–Crippen MR) is 91.6 cm³/mol. The minimum absolute atomic E-state index is 0.179. The number of aromatic nitrogens is 3. The molecular weight excluding hydrogens is 306 g/mol. The molecule has 1 fully saturated rings. The third-order valence-electron chi connectivity index (χ3n) is 4.29. The molecule has 0 unspecified atom stereocenters. The van der Waals surface area contributed by atoms with E-state index in [1.54, 1.807) is 0 Å². The van der Waals surface area contributed by atoms with Crippen LogP contribution >= 0.6 is 0 Å². The molecule has 0 aliphatic heterocycles. The smallest absolute Gasteiger partial charge is 0.319 e. The molecule has 1 saturated carbocycles. The Bertz CT molecular complexity index is 700. The van der Waals surface area contributed by atoms with Gasteiger partial charge in [0.1, 0.15) is 5.82 Å². The number of nitrogens with zero attached hydrogens (tertiary/aromatic N) is 2. The lowest BCUT2D eigenvalue weighted by molar-refractivity contribution is 0.0955. The lowest BCUT2D eigenvalue weighted by Crippen LogP contribution is -2.46. The molecule has 2 aromatic rings. The number of benzene rings is 1. The summed E-state index contributed by atoms with van der Waals surface area (Å²) in [5.41, 5.74) is 1.50. The quantitative estimate of drug-likeness (QED) is 0.692.